The van der Waals surface area contributed by atoms with Gasteiger partial charge in [0.05, 0.1) is 0 Å². The number of anilines is 2. The zero-order valence-corrected chi connectivity index (χ0v) is 11.3. The summed E-state index contributed by atoms with van der Waals surface area (Å²) in [6, 6.07) is 14.8. The van der Waals surface area contributed by atoms with Gasteiger partial charge in [-0.2, -0.15) is 0 Å². The Kier molecular flexibility index (Phi) is 3.56. The summed E-state index contributed by atoms with van der Waals surface area (Å²) in [5, 5.41) is 0. The molecule has 0 heterocycles. The number of aryl methyl sites for hydroxylation is 1. The average molecular weight is 240 g/mol. The van der Waals surface area contributed by atoms with Crippen molar-refractivity contribution in [3.8, 4) is 0 Å². The van der Waals surface area contributed by atoms with Gasteiger partial charge < -0.3 is 10.6 Å². The van der Waals surface area contributed by atoms with E-state index in [9.17, 15) is 0 Å². The smallest absolute Gasteiger partial charge is 0.0366 e. The summed E-state index contributed by atoms with van der Waals surface area (Å²) >= 11 is 0. The van der Waals surface area contributed by atoms with Crippen LogP contribution < -0.4 is 10.6 Å². The van der Waals surface area contributed by atoms with E-state index < -0.39 is 0 Å². The number of benzene rings is 2. The maximum atomic E-state index is 5.70. The molecule has 0 spiro atoms. The summed E-state index contributed by atoms with van der Waals surface area (Å²) in [5.41, 5.74) is 11.7. The number of rotatable bonds is 3. The molecule has 0 aliphatic heterocycles. The summed E-state index contributed by atoms with van der Waals surface area (Å²) in [5.74, 6) is 0. The molecule has 0 aliphatic carbocycles. The first kappa shape index (κ1) is 12.5. The second-order valence-corrected chi connectivity index (χ2v) is 4.99. The average Bonchev–Trinajstić information content (AvgIpc) is 2.31. The summed E-state index contributed by atoms with van der Waals surface area (Å²) in [6.45, 7) is 2.14. The van der Waals surface area contributed by atoms with E-state index in [0.29, 0.717) is 0 Å². The molecule has 2 heteroatoms. The van der Waals surface area contributed by atoms with E-state index in [1.165, 1.54) is 22.4 Å². The van der Waals surface area contributed by atoms with Crippen LogP contribution in [0.4, 0.5) is 11.4 Å². The minimum absolute atomic E-state index is 0.817. The van der Waals surface area contributed by atoms with Crippen molar-refractivity contribution in [3.63, 3.8) is 0 Å². The Hall–Kier alpha value is -1.96. The molecular weight excluding hydrogens is 220 g/mol. The third-order valence-corrected chi connectivity index (χ3v) is 3.03. The van der Waals surface area contributed by atoms with Crippen LogP contribution in [0, 0.1) is 6.92 Å². The van der Waals surface area contributed by atoms with Gasteiger partial charge in [-0.3, -0.25) is 0 Å². The van der Waals surface area contributed by atoms with Gasteiger partial charge in [0, 0.05) is 25.5 Å². The van der Waals surface area contributed by atoms with E-state index >= 15 is 0 Å². The van der Waals surface area contributed by atoms with Crippen LogP contribution in [0.25, 0.3) is 0 Å². The summed E-state index contributed by atoms with van der Waals surface area (Å²) in [6.07, 6.45) is 0.947. The largest absolute Gasteiger partial charge is 0.399 e. The first-order valence-corrected chi connectivity index (χ1v) is 6.17. The van der Waals surface area contributed by atoms with Crippen LogP contribution in [0.1, 0.15) is 16.7 Å². The predicted molar refractivity (Wildman–Crippen MR) is 79.2 cm³/mol. The Morgan fingerprint density at radius 1 is 0.944 bits per heavy atom. The molecule has 0 atom stereocenters. The Bertz CT molecular complexity index is 527. The topological polar surface area (TPSA) is 29.3 Å². The van der Waals surface area contributed by atoms with Gasteiger partial charge in [-0.15, -0.1) is 0 Å². The normalized spacial score (nSPS) is 10.4. The third kappa shape index (κ3) is 3.04. The quantitative estimate of drug-likeness (QED) is 0.835. The van der Waals surface area contributed by atoms with Crippen LogP contribution in [-0.2, 0) is 6.42 Å². The lowest BCUT2D eigenvalue weighted by atomic mass is 10.0. The van der Waals surface area contributed by atoms with E-state index in [0.717, 1.165) is 12.1 Å². The van der Waals surface area contributed by atoms with Crippen LogP contribution in [0.2, 0.25) is 0 Å². The monoisotopic (exact) mass is 240 g/mol. The Morgan fingerprint density at radius 2 is 1.61 bits per heavy atom. The van der Waals surface area contributed by atoms with Gasteiger partial charge in [-0.25, -0.2) is 0 Å². The molecule has 0 unspecified atom stereocenters. The van der Waals surface area contributed by atoms with Crippen LogP contribution in [-0.4, -0.2) is 14.1 Å². The van der Waals surface area contributed by atoms with Crippen LogP contribution in [0.15, 0.2) is 42.5 Å². The Balaban J connectivity index is 2.26. The van der Waals surface area contributed by atoms with Crippen LogP contribution in [0.3, 0.4) is 0 Å². The van der Waals surface area contributed by atoms with E-state index in [1.807, 2.05) is 12.1 Å². The highest BCUT2D eigenvalue weighted by molar-refractivity contribution is 5.51. The van der Waals surface area contributed by atoms with Gasteiger partial charge >= 0.3 is 0 Å². The van der Waals surface area contributed by atoms with Crippen molar-refractivity contribution in [3.05, 3.63) is 59.2 Å². The second-order valence-electron chi connectivity index (χ2n) is 4.99. The highest BCUT2D eigenvalue weighted by Gasteiger charge is 2.02. The lowest BCUT2D eigenvalue weighted by molar-refractivity contribution is 1.10. The van der Waals surface area contributed by atoms with Gasteiger partial charge in [0.2, 0.25) is 0 Å². The molecule has 94 valence electrons. The number of nitrogens with two attached hydrogens (primary N) is 1. The van der Waals surface area contributed by atoms with E-state index in [4.69, 9.17) is 5.73 Å². The highest BCUT2D eigenvalue weighted by atomic mass is 15.1. The molecule has 2 N–H and O–H groups in total. The molecule has 2 aromatic rings. The number of nitrogen functional groups attached to an aromatic ring is 1. The maximum Gasteiger partial charge on any atom is 0.0366 e. The summed E-state index contributed by atoms with van der Waals surface area (Å²) in [7, 11) is 4.14. The van der Waals surface area contributed by atoms with E-state index in [1.54, 1.807) is 0 Å². The van der Waals surface area contributed by atoms with Gasteiger partial charge in [0.15, 0.2) is 0 Å². The molecule has 0 aromatic heterocycles. The third-order valence-electron chi connectivity index (χ3n) is 3.03. The van der Waals surface area contributed by atoms with Gasteiger partial charge in [0.1, 0.15) is 0 Å². The fraction of sp³-hybridized carbons (Fsp3) is 0.250. The zero-order valence-electron chi connectivity index (χ0n) is 11.3. The second kappa shape index (κ2) is 5.13. The molecule has 0 bridgehead atoms. The SMILES string of the molecule is Cc1cc(Cc2ccc(N)cc2)cc(N(C)C)c1. The summed E-state index contributed by atoms with van der Waals surface area (Å²) in [4.78, 5) is 2.14. The lowest BCUT2D eigenvalue weighted by Gasteiger charge is -2.15. The van der Waals surface area contributed by atoms with Crippen molar-refractivity contribution in [1.29, 1.82) is 0 Å². The van der Waals surface area contributed by atoms with Crippen molar-refractivity contribution < 1.29 is 0 Å². The Morgan fingerprint density at radius 3 is 2.22 bits per heavy atom. The highest BCUT2D eigenvalue weighted by Crippen LogP contribution is 2.19. The Labute approximate surface area is 109 Å². The summed E-state index contributed by atoms with van der Waals surface area (Å²) < 4.78 is 0. The van der Waals surface area contributed by atoms with Crippen molar-refractivity contribution >= 4 is 11.4 Å². The van der Waals surface area contributed by atoms with Crippen molar-refractivity contribution in [2.24, 2.45) is 0 Å². The molecule has 2 nitrogen and oxygen atoms in total. The molecule has 2 rings (SSSR count). The number of nitrogens with zero attached hydrogens (tertiary/aromatic N) is 1. The van der Waals surface area contributed by atoms with Gasteiger partial charge in [-0.05, 0) is 54.3 Å². The van der Waals surface area contributed by atoms with Gasteiger partial charge in [0.25, 0.3) is 0 Å². The van der Waals surface area contributed by atoms with E-state index in [-0.39, 0.29) is 0 Å². The predicted octanol–water partition coefficient (Wildman–Crippen LogP) is 3.23. The zero-order chi connectivity index (χ0) is 13.1. The van der Waals surface area contributed by atoms with Gasteiger partial charge in [-0.1, -0.05) is 18.2 Å². The standard InChI is InChI=1S/C16H20N2/c1-12-8-14(11-16(9-12)18(2)3)10-13-4-6-15(17)7-5-13/h4-9,11H,10,17H2,1-3H3. The minimum atomic E-state index is 0.817. The molecule has 2 aromatic carbocycles. The molecule has 0 saturated carbocycles. The molecule has 0 radical (unpaired) electrons. The van der Waals surface area contributed by atoms with Crippen molar-refractivity contribution in [2.45, 2.75) is 13.3 Å². The van der Waals surface area contributed by atoms with Crippen molar-refractivity contribution in [1.82, 2.24) is 0 Å². The minimum Gasteiger partial charge on any atom is -0.399 e. The van der Waals surface area contributed by atoms with E-state index in [2.05, 4.69) is 56.3 Å². The lowest BCUT2D eigenvalue weighted by Crippen LogP contribution is -2.09. The molecule has 18 heavy (non-hydrogen) atoms. The van der Waals surface area contributed by atoms with Crippen molar-refractivity contribution in [2.75, 3.05) is 24.7 Å². The fourth-order valence-corrected chi connectivity index (χ4v) is 2.07. The van der Waals surface area contributed by atoms with Crippen LogP contribution >= 0.6 is 0 Å². The number of hydrogen-bond acceptors (Lipinski definition) is 2. The first-order chi connectivity index (χ1) is 8.54. The molecule has 0 amide bonds. The maximum absolute atomic E-state index is 5.70. The molecular formula is C16H20N2. The first-order valence-electron chi connectivity index (χ1n) is 6.17. The number of hydrogen-bond donors (Lipinski definition) is 1. The molecule has 0 fully saturated rings. The molecule has 0 saturated heterocycles. The van der Waals surface area contributed by atoms with Crippen LogP contribution in [0.5, 0.6) is 0 Å². The fourth-order valence-electron chi connectivity index (χ4n) is 2.07. The molecule has 0 aliphatic rings.